The maximum atomic E-state index is 5.81. The van der Waals surface area contributed by atoms with E-state index >= 15 is 0 Å². The van der Waals surface area contributed by atoms with Crippen molar-refractivity contribution in [3.05, 3.63) is 0 Å². The first-order valence-corrected chi connectivity index (χ1v) is 7.75. The summed E-state index contributed by atoms with van der Waals surface area (Å²) >= 11 is 0. The van der Waals surface area contributed by atoms with Gasteiger partial charge in [-0.25, -0.2) is 0 Å². The highest BCUT2D eigenvalue weighted by Gasteiger charge is 2.53. The van der Waals surface area contributed by atoms with Crippen LogP contribution in [-0.2, 0) is 18.1 Å². The molecule has 0 spiro atoms. The molecule has 0 bridgehead atoms. The molecule has 0 rings (SSSR count). The molecule has 0 atom stereocenters. The Balaban J connectivity index is 4.89. The van der Waals surface area contributed by atoms with Gasteiger partial charge in [-0.15, -0.1) is 0 Å². The maximum Gasteiger partial charge on any atom is 0.576 e. The minimum absolute atomic E-state index is 0.000386. The summed E-state index contributed by atoms with van der Waals surface area (Å²) in [6, 6.07) is 0. The van der Waals surface area contributed by atoms with Gasteiger partial charge < -0.3 is 0 Å². The van der Waals surface area contributed by atoms with Crippen LogP contribution in [0.15, 0.2) is 0 Å². The van der Waals surface area contributed by atoms with E-state index in [0.717, 1.165) is 0 Å². The molecule has 0 heterocycles. The van der Waals surface area contributed by atoms with Crippen LogP contribution < -0.4 is 0 Å². The van der Waals surface area contributed by atoms with Gasteiger partial charge in [-0.1, -0.05) is 0 Å². The van der Waals surface area contributed by atoms with E-state index in [1.165, 1.54) is 0 Å². The maximum absolute atomic E-state index is 5.81. The van der Waals surface area contributed by atoms with Gasteiger partial charge >= 0.3 is 8.17 Å². The lowest BCUT2D eigenvalue weighted by Gasteiger charge is -2.25. The highest BCUT2D eigenvalue weighted by molar-refractivity contribution is 7.56. The molecule has 0 radical (unpaired) electrons. The second kappa shape index (κ2) is 7.65. The highest BCUT2D eigenvalue weighted by Crippen LogP contribution is 2.66. The lowest BCUT2D eigenvalue weighted by Crippen LogP contribution is -2.22. The van der Waals surface area contributed by atoms with Crippen LogP contribution >= 0.6 is 8.17 Å². The molecule has 0 saturated heterocycles. The molecule has 0 aromatic rings. The van der Waals surface area contributed by atoms with Crippen molar-refractivity contribution in [1.29, 1.82) is 0 Å². The second-order valence-electron chi connectivity index (χ2n) is 5.06. The summed E-state index contributed by atoms with van der Waals surface area (Å²) in [6.45, 7) is 15.6. The topological polar surface area (TPSA) is 36.9 Å². The van der Waals surface area contributed by atoms with Gasteiger partial charge in [0.05, 0.1) is 0 Å². The quantitative estimate of drug-likeness (QED) is 0.612. The van der Waals surface area contributed by atoms with Crippen LogP contribution in [0.2, 0.25) is 0 Å². The van der Waals surface area contributed by atoms with Crippen molar-refractivity contribution in [3.8, 4) is 0 Å². The molecule has 0 aromatic carbocycles. The Morgan fingerprint density at radius 1 is 0.471 bits per heavy atom. The van der Waals surface area contributed by atoms with Crippen LogP contribution in [-0.4, -0.2) is 24.4 Å². The summed E-state index contributed by atoms with van der Waals surface area (Å²) in [6.07, 6.45) is -0.00154. The lowest BCUT2D eigenvalue weighted by molar-refractivity contribution is -0.00503. The largest absolute Gasteiger partial charge is 0.576 e. The normalized spacial score (nSPS) is 13.4. The van der Waals surface area contributed by atoms with E-state index in [1.54, 1.807) is 0 Å². The Bertz CT molecular complexity index is 159. The van der Waals surface area contributed by atoms with Crippen LogP contribution in [0.1, 0.15) is 55.4 Å². The highest BCUT2D eigenvalue weighted by atomic mass is 31.2. The summed E-state index contributed by atoms with van der Waals surface area (Å²) in [5, 5.41) is 0. The van der Waals surface area contributed by atoms with Gasteiger partial charge in [0, 0.05) is 0 Å². The molecule has 104 valence electrons. The molecule has 0 aliphatic heterocycles. The zero-order chi connectivity index (χ0) is 13.6. The SMILES string of the molecule is CC(C)O[P+](OC(C)C)(OC(C)C)OC(C)C. The average Bonchev–Trinajstić information content (AvgIpc) is 1.95. The van der Waals surface area contributed by atoms with Crippen molar-refractivity contribution >= 4 is 8.17 Å². The van der Waals surface area contributed by atoms with Gasteiger partial charge in [-0.05, 0) is 55.4 Å². The van der Waals surface area contributed by atoms with Crippen molar-refractivity contribution in [2.45, 2.75) is 79.8 Å². The molecule has 5 heteroatoms. The number of hydrogen-bond donors (Lipinski definition) is 0. The third-order valence-corrected chi connectivity index (χ3v) is 4.08. The zero-order valence-electron chi connectivity index (χ0n) is 12.4. The van der Waals surface area contributed by atoms with Gasteiger partial charge in [-0.3, -0.25) is 0 Å². The minimum Gasteiger partial charge on any atom is -0.150 e. The summed E-state index contributed by atoms with van der Waals surface area (Å²) in [4.78, 5) is 0. The summed E-state index contributed by atoms with van der Waals surface area (Å²) in [5.74, 6) is 0. The van der Waals surface area contributed by atoms with Crippen LogP contribution in [0.25, 0.3) is 0 Å². The van der Waals surface area contributed by atoms with E-state index in [4.69, 9.17) is 18.1 Å². The summed E-state index contributed by atoms with van der Waals surface area (Å²) in [5.41, 5.74) is 0. The third-order valence-electron chi connectivity index (χ3n) is 1.36. The molecule has 0 saturated carbocycles. The smallest absolute Gasteiger partial charge is 0.150 e. The van der Waals surface area contributed by atoms with Gasteiger partial charge in [0.2, 0.25) is 0 Å². The van der Waals surface area contributed by atoms with E-state index in [9.17, 15) is 0 Å². The molecule has 0 aliphatic rings. The Labute approximate surface area is 107 Å². The predicted molar refractivity (Wildman–Crippen MR) is 71.8 cm³/mol. The van der Waals surface area contributed by atoms with Crippen molar-refractivity contribution < 1.29 is 18.1 Å². The first-order chi connectivity index (χ1) is 7.67. The molecule has 0 fully saturated rings. The Morgan fingerprint density at radius 3 is 0.765 bits per heavy atom. The van der Waals surface area contributed by atoms with Crippen LogP contribution in [0.4, 0.5) is 0 Å². The Kier molecular flexibility index (Phi) is 7.77. The predicted octanol–water partition coefficient (Wildman–Crippen LogP) is 4.36. The monoisotopic (exact) mass is 267 g/mol. The van der Waals surface area contributed by atoms with Crippen LogP contribution in [0.5, 0.6) is 0 Å². The number of rotatable bonds is 8. The number of hydrogen-bond acceptors (Lipinski definition) is 4. The van der Waals surface area contributed by atoms with E-state index in [0.29, 0.717) is 0 Å². The molecular weight excluding hydrogens is 239 g/mol. The molecule has 17 heavy (non-hydrogen) atoms. The Hall–Kier alpha value is 0.270. The summed E-state index contributed by atoms with van der Waals surface area (Å²) < 4.78 is 23.3. The van der Waals surface area contributed by atoms with Crippen LogP contribution in [0, 0.1) is 0 Å². The molecule has 0 N–H and O–H groups in total. The fourth-order valence-corrected chi connectivity index (χ4v) is 3.55. The standard InChI is InChI=1S/C12H28O4P/c1-9(2)13-17(14-10(3)4,15-11(5)6)16-12(7)8/h9-12H,1-8H3/q+1. The van der Waals surface area contributed by atoms with Crippen molar-refractivity contribution in [2.24, 2.45) is 0 Å². The molecular formula is C12H28O4P+. The van der Waals surface area contributed by atoms with Crippen molar-refractivity contribution in [3.63, 3.8) is 0 Å². The molecule has 0 aliphatic carbocycles. The summed E-state index contributed by atoms with van der Waals surface area (Å²) in [7, 11) is -2.72. The Morgan fingerprint density at radius 2 is 0.647 bits per heavy atom. The first-order valence-electron chi connectivity index (χ1n) is 6.29. The zero-order valence-corrected chi connectivity index (χ0v) is 13.3. The molecule has 4 nitrogen and oxygen atoms in total. The average molecular weight is 267 g/mol. The van der Waals surface area contributed by atoms with Crippen molar-refractivity contribution in [2.75, 3.05) is 0 Å². The molecule has 0 amide bonds. The van der Waals surface area contributed by atoms with Crippen molar-refractivity contribution in [1.82, 2.24) is 0 Å². The van der Waals surface area contributed by atoms with Gasteiger partial charge in [0.15, 0.2) is 0 Å². The first kappa shape index (κ1) is 17.3. The fraction of sp³-hybridized carbons (Fsp3) is 1.00. The van der Waals surface area contributed by atoms with Crippen LogP contribution in [0.3, 0.4) is 0 Å². The molecule has 0 aromatic heterocycles. The van der Waals surface area contributed by atoms with E-state index in [1.807, 2.05) is 55.4 Å². The van der Waals surface area contributed by atoms with Gasteiger partial charge in [-0.2, -0.15) is 18.1 Å². The lowest BCUT2D eigenvalue weighted by atomic mass is 10.5. The second-order valence-corrected chi connectivity index (χ2v) is 6.80. The van der Waals surface area contributed by atoms with E-state index in [2.05, 4.69) is 0 Å². The van der Waals surface area contributed by atoms with E-state index < -0.39 is 8.17 Å². The third kappa shape index (κ3) is 8.06. The minimum atomic E-state index is -2.72. The van der Waals surface area contributed by atoms with Gasteiger partial charge in [0.1, 0.15) is 24.4 Å². The van der Waals surface area contributed by atoms with E-state index in [-0.39, 0.29) is 24.4 Å². The fourth-order valence-electron chi connectivity index (χ4n) is 1.18. The molecule has 0 unspecified atom stereocenters. The van der Waals surface area contributed by atoms with Gasteiger partial charge in [0.25, 0.3) is 0 Å².